The van der Waals surface area contributed by atoms with Crippen molar-refractivity contribution in [2.45, 2.75) is 52.1 Å². The number of hydrogen-bond acceptors (Lipinski definition) is 2. The molecule has 0 saturated carbocycles. The van der Waals surface area contributed by atoms with Crippen molar-refractivity contribution in [2.75, 3.05) is 0 Å². The molecule has 0 spiro atoms. The number of carbonyl (C=O) groups excluding carboxylic acids is 1. The third-order valence-corrected chi connectivity index (χ3v) is 2.95. The number of rotatable bonds is 7. The van der Waals surface area contributed by atoms with E-state index in [0.29, 0.717) is 12.4 Å². The van der Waals surface area contributed by atoms with Gasteiger partial charge in [-0.1, -0.05) is 26.0 Å². The zero-order chi connectivity index (χ0) is 11.1. The van der Waals surface area contributed by atoms with E-state index in [1.807, 2.05) is 0 Å². The summed E-state index contributed by atoms with van der Waals surface area (Å²) in [5.74, 6) is 1.31. The molecule has 2 nitrogen and oxygen atoms in total. The van der Waals surface area contributed by atoms with Gasteiger partial charge in [-0.3, -0.25) is 4.79 Å². The zero-order valence-corrected chi connectivity index (χ0v) is 9.82. The summed E-state index contributed by atoms with van der Waals surface area (Å²) in [7, 11) is 0. The average molecular weight is 210 g/mol. The summed E-state index contributed by atoms with van der Waals surface area (Å²) in [6, 6.07) is 0. The molecule has 1 aliphatic carbocycles. The highest BCUT2D eigenvalue weighted by Crippen LogP contribution is 2.24. The minimum atomic E-state index is 0.122. The van der Waals surface area contributed by atoms with Gasteiger partial charge < -0.3 is 4.74 Å². The lowest BCUT2D eigenvalue weighted by Gasteiger charge is -2.18. The van der Waals surface area contributed by atoms with E-state index in [0.717, 1.165) is 25.2 Å². The Morgan fingerprint density at radius 3 is 2.87 bits per heavy atom. The Kier molecular flexibility index (Phi) is 5.44. The molecule has 1 rings (SSSR count). The third kappa shape index (κ3) is 5.01. The molecule has 0 aromatic heterocycles. The molecule has 0 aromatic carbocycles. The van der Waals surface area contributed by atoms with E-state index in [-0.39, 0.29) is 6.10 Å². The quantitative estimate of drug-likeness (QED) is 0.476. The summed E-state index contributed by atoms with van der Waals surface area (Å²) >= 11 is 0. The van der Waals surface area contributed by atoms with Crippen LogP contribution in [0.3, 0.4) is 0 Å². The molecule has 0 saturated heterocycles. The SMILES string of the molecule is CC(C)CC(CCC1C=CCC1)OC=O. The van der Waals surface area contributed by atoms with E-state index >= 15 is 0 Å². The van der Waals surface area contributed by atoms with Gasteiger partial charge in [-0.25, -0.2) is 0 Å². The van der Waals surface area contributed by atoms with Gasteiger partial charge in [0.15, 0.2) is 0 Å². The summed E-state index contributed by atoms with van der Waals surface area (Å²) < 4.78 is 5.11. The minimum absolute atomic E-state index is 0.122. The molecule has 0 radical (unpaired) electrons. The van der Waals surface area contributed by atoms with Crippen LogP contribution in [0.2, 0.25) is 0 Å². The fraction of sp³-hybridized carbons (Fsp3) is 0.769. The van der Waals surface area contributed by atoms with Crippen LogP contribution in [-0.2, 0) is 9.53 Å². The van der Waals surface area contributed by atoms with Crippen LogP contribution >= 0.6 is 0 Å². The average Bonchev–Trinajstić information content (AvgIpc) is 2.66. The van der Waals surface area contributed by atoms with Crippen LogP contribution in [0.15, 0.2) is 12.2 Å². The van der Waals surface area contributed by atoms with E-state index in [9.17, 15) is 4.79 Å². The lowest BCUT2D eigenvalue weighted by Crippen LogP contribution is -2.16. The lowest BCUT2D eigenvalue weighted by molar-refractivity contribution is -0.134. The first kappa shape index (κ1) is 12.3. The lowest BCUT2D eigenvalue weighted by atomic mass is 9.96. The van der Waals surface area contributed by atoms with E-state index in [2.05, 4.69) is 26.0 Å². The maximum absolute atomic E-state index is 10.4. The Bertz CT molecular complexity index is 209. The summed E-state index contributed by atoms with van der Waals surface area (Å²) in [6.45, 7) is 4.92. The topological polar surface area (TPSA) is 26.3 Å². The maximum atomic E-state index is 10.4. The minimum Gasteiger partial charge on any atom is -0.465 e. The van der Waals surface area contributed by atoms with Gasteiger partial charge in [-0.05, 0) is 43.9 Å². The van der Waals surface area contributed by atoms with Crippen molar-refractivity contribution in [1.82, 2.24) is 0 Å². The first-order valence-corrected chi connectivity index (χ1v) is 5.98. The molecule has 2 atom stereocenters. The Balaban J connectivity index is 2.23. The molecule has 0 aliphatic heterocycles. The number of carbonyl (C=O) groups is 1. The molecule has 0 aromatic rings. The molecule has 0 heterocycles. The Morgan fingerprint density at radius 1 is 1.53 bits per heavy atom. The molecule has 0 fully saturated rings. The fourth-order valence-corrected chi connectivity index (χ4v) is 2.18. The monoisotopic (exact) mass is 210 g/mol. The summed E-state index contributed by atoms with van der Waals surface area (Å²) in [4.78, 5) is 10.4. The Hall–Kier alpha value is -0.790. The molecule has 0 N–H and O–H groups in total. The molecular weight excluding hydrogens is 188 g/mol. The van der Waals surface area contributed by atoms with Gasteiger partial charge in [-0.2, -0.15) is 0 Å². The summed E-state index contributed by atoms with van der Waals surface area (Å²) in [5.41, 5.74) is 0. The molecule has 0 amide bonds. The van der Waals surface area contributed by atoms with Crippen LogP contribution in [-0.4, -0.2) is 12.6 Å². The van der Waals surface area contributed by atoms with Crippen molar-refractivity contribution in [3.05, 3.63) is 12.2 Å². The Morgan fingerprint density at radius 2 is 2.33 bits per heavy atom. The number of hydrogen-bond donors (Lipinski definition) is 0. The molecule has 2 unspecified atom stereocenters. The fourth-order valence-electron chi connectivity index (χ4n) is 2.18. The van der Waals surface area contributed by atoms with Crippen molar-refractivity contribution in [3.63, 3.8) is 0 Å². The van der Waals surface area contributed by atoms with E-state index in [1.165, 1.54) is 12.8 Å². The van der Waals surface area contributed by atoms with Crippen LogP contribution in [0, 0.1) is 11.8 Å². The van der Waals surface area contributed by atoms with E-state index in [1.54, 1.807) is 0 Å². The second kappa shape index (κ2) is 6.65. The van der Waals surface area contributed by atoms with Gasteiger partial charge in [0.1, 0.15) is 6.10 Å². The van der Waals surface area contributed by atoms with Crippen LogP contribution in [0.25, 0.3) is 0 Å². The number of allylic oxidation sites excluding steroid dienone is 2. The first-order chi connectivity index (χ1) is 7.22. The molecule has 1 aliphatic rings. The zero-order valence-electron chi connectivity index (χ0n) is 9.82. The standard InChI is InChI=1S/C13H22O2/c1-11(2)9-13(15-10-14)8-7-12-5-3-4-6-12/h3,5,10-13H,4,6-9H2,1-2H3. The molecule has 2 heteroatoms. The van der Waals surface area contributed by atoms with Gasteiger partial charge >= 0.3 is 0 Å². The van der Waals surface area contributed by atoms with E-state index < -0.39 is 0 Å². The smallest absolute Gasteiger partial charge is 0.293 e. The highest BCUT2D eigenvalue weighted by molar-refractivity contribution is 5.37. The summed E-state index contributed by atoms with van der Waals surface area (Å²) in [5, 5.41) is 0. The molecule has 86 valence electrons. The second-order valence-electron chi connectivity index (χ2n) is 4.83. The highest BCUT2D eigenvalue weighted by atomic mass is 16.5. The summed E-state index contributed by atoms with van der Waals surface area (Å²) in [6.07, 6.45) is 10.3. The van der Waals surface area contributed by atoms with Crippen LogP contribution < -0.4 is 0 Å². The van der Waals surface area contributed by atoms with Crippen molar-refractivity contribution >= 4 is 6.47 Å². The van der Waals surface area contributed by atoms with Crippen LogP contribution in [0.5, 0.6) is 0 Å². The van der Waals surface area contributed by atoms with Crippen molar-refractivity contribution in [1.29, 1.82) is 0 Å². The van der Waals surface area contributed by atoms with Crippen molar-refractivity contribution in [3.8, 4) is 0 Å². The normalized spacial score (nSPS) is 21.9. The highest BCUT2D eigenvalue weighted by Gasteiger charge is 2.15. The maximum Gasteiger partial charge on any atom is 0.293 e. The van der Waals surface area contributed by atoms with E-state index in [4.69, 9.17) is 4.74 Å². The number of ether oxygens (including phenoxy) is 1. The van der Waals surface area contributed by atoms with Crippen LogP contribution in [0.4, 0.5) is 0 Å². The largest absolute Gasteiger partial charge is 0.465 e. The predicted octanol–water partition coefficient (Wildman–Crippen LogP) is 3.32. The van der Waals surface area contributed by atoms with Crippen molar-refractivity contribution < 1.29 is 9.53 Å². The molecule has 0 bridgehead atoms. The van der Waals surface area contributed by atoms with Crippen molar-refractivity contribution in [2.24, 2.45) is 11.8 Å². The third-order valence-electron chi connectivity index (χ3n) is 2.95. The predicted molar refractivity (Wildman–Crippen MR) is 61.5 cm³/mol. The van der Waals surface area contributed by atoms with Gasteiger partial charge in [0.25, 0.3) is 6.47 Å². The van der Waals surface area contributed by atoms with Crippen LogP contribution in [0.1, 0.15) is 46.0 Å². The van der Waals surface area contributed by atoms with Gasteiger partial charge in [0.05, 0.1) is 0 Å². The van der Waals surface area contributed by atoms with Gasteiger partial charge in [-0.15, -0.1) is 0 Å². The van der Waals surface area contributed by atoms with Gasteiger partial charge in [0, 0.05) is 0 Å². The second-order valence-corrected chi connectivity index (χ2v) is 4.83. The first-order valence-electron chi connectivity index (χ1n) is 5.98. The molecule has 15 heavy (non-hydrogen) atoms. The Labute approximate surface area is 92.7 Å². The molecular formula is C13H22O2. The van der Waals surface area contributed by atoms with Gasteiger partial charge in [0.2, 0.25) is 0 Å².